The van der Waals surface area contributed by atoms with Gasteiger partial charge < -0.3 is 24.4 Å². The molecule has 0 fully saturated rings. The fraction of sp³-hybridized carbons (Fsp3) is 0.278. The highest BCUT2D eigenvalue weighted by atomic mass is 16.6. The summed E-state index contributed by atoms with van der Waals surface area (Å²) in [6.45, 7) is 1.06. The third kappa shape index (κ3) is 3.55. The molecule has 0 bridgehead atoms. The van der Waals surface area contributed by atoms with Gasteiger partial charge in [0.2, 0.25) is 12.1 Å². The lowest BCUT2D eigenvalue weighted by atomic mass is 10.2. The van der Waals surface area contributed by atoms with Gasteiger partial charge in [0, 0.05) is 18.9 Å². The molecule has 1 unspecified atom stereocenters. The van der Waals surface area contributed by atoms with E-state index in [9.17, 15) is 19.8 Å². The summed E-state index contributed by atoms with van der Waals surface area (Å²) in [5.74, 6) is -1.15. The highest BCUT2D eigenvalue weighted by molar-refractivity contribution is 5.90. The van der Waals surface area contributed by atoms with Gasteiger partial charge in [0.1, 0.15) is 6.61 Å². The zero-order valence-electron chi connectivity index (χ0n) is 14.7. The fourth-order valence-corrected chi connectivity index (χ4v) is 2.67. The summed E-state index contributed by atoms with van der Waals surface area (Å²) in [6, 6.07) is 8.31. The van der Waals surface area contributed by atoms with Gasteiger partial charge in [-0.15, -0.1) is 0 Å². The predicted molar refractivity (Wildman–Crippen MR) is 92.3 cm³/mol. The van der Waals surface area contributed by atoms with Crippen LogP contribution < -0.4 is 10.4 Å². The fourth-order valence-electron chi connectivity index (χ4n) is 2.67. The molecule has 2 atom stereocenters. The van der Waals surface area contributed by atoms with Gasteiger partial charge in [0.15, 0.2) is 17.6 Å². The van der Waals surface area contributed by atoms with Gasteiger partial charge in [0.25, 0.3) is 0 Å². The molecule has 2 aromatic rings. The Labute approximate surface area is 154 Å². The predicted octanol–water partition coefficient (Wildman–Crippen LogP) is 1.08. The van der Waals surface area contributed by atoms with Gasteiger partial charge in [-0.1, -0.05) is 18.2 Å². The Morgan fingerprint density at radius 1 is 1.33 bits per heavy atom. The van der Waals surface area contributed by atoms with Crippen molar-refractivity contribution < 1.29 is 29.2 Å². The maximum absolute atomic E-state index is 12.4. The Balaban J connectivity index is 1.88. The highest BCUT2D eigenvalue weighted by Gasteiger charge is 2.39. The molecular weight excluding hydrogens is 356 g/mol. The van der Waals surface area contributed by atoms with Crippen LogP contribution in [-0.4, -0.2) is 45.6 Å². The van der Waals surface area contributed by atoms with E-state index in [-0.39, 0.29) is 17.4 Å². The first-order valence-corrected chi connectivity index (χ1v) is 8.05. The molecular formula is C18H18N2O7. The van der Waals surface area contributed by atoms with Gasteiger partial charge in [-0.05, 0) is 19.1 Å². The number of carbonyl (C=O) groups is 1. The van der Waals surface area contributed by atoms with Crippen LogP contribution in [0, 0.1) is 6.92 Å². The minimum Gasteiger partial charge on any atom is -0.506 e. The molecule has 0 saturated heterocycles. The van der Waals surface area contributed by atoms with E-state index >= 15 is 0 Å². The average molecular weight is 374 g/mol. The van der Waals surface area contributed by atoms with E-state index < -0.39 is 30.6 Å². The third-order valence-electron chi connectivity index (χ3n) is 4.04. The molecule has 1 aliphatic heterocycles. The molecule has 0 aliphatic carbocycles. The first-order chi connectivity index (χ1) is 13.0. The van der Waals surface area contributed by atoms with E-state index in [2.05, 4.69) is 4.98 Å². The molecule has 27 heavy (non-hydrogen) atoms. The lowest BCUT2D eigenvalue weighted by molar-refractivity contribution is -0.0376. The summed E-state index contributed by atoms with van der Waals surface area (Å²) < 4.78 is 16.9. The molecule has 1 aromatic heterocycles. The second kappa shape index (κ2) is 7.60. The standard InChI is InChI=1S/C18H18N2O7/c1-10-8-20(16-14(25-2)13(22)12(9-21)26-16)18(24)19-15(10)27-17(23)11-6-4-3-5-7-11/h3-8,14,16,21-22H,9H2,1-2H3/t14-,16?/m0/s1. The molecule has 1 aromatic carbocycles. The second-order valence-corrected chi connectivity index (χ2v) is 5.81. The minimum absolute atomic E-state index is 0.0871. The van der Waals surface area contributed by atoms with E-state index in [1.165, 1.54) is 13.3 Å². The Hall–Kier alpha value is -3.17. The SMILES string of the molecule is CO[C@H]1C(O)=C(CO)OC1n1cc(C)c(OC(=O)c2ccccc2)nc1=O. The van der Waals surface area contributed by atoms with Crippen molar-refractivity contribution in [2.24, 2.45) is 0 Å². The number of hydrogen-bond donors (Lipinski definition) is 2. The summed E-state index contributed by atoms with van der Waals surface area (Å²) in [5, 5.41) is 19.2. The molecule has 9 heteroatoms. The average Bonchev–Trinajstić information content (AvgIpc) is 3.00. The molecule has 2 N–H and O–H groups in total. The number of aliphatic hydroxyl groups is 2. The summed E-state index contributed by atoms with van der Waals surface area (Å²) in [4.78, 5) is 28.4. The zero-order valence-corrected chi connectivity index (χ0v) is 14.7. The molecule has 0 radical (unpaired) electrons. The number of aliphatic hydroxyl groups excluding tert-OH is 2. The van der Waals surface area contributed by atoms with Crippen molar-refractivity contribution >= 4 is 5.97 Å². The van der Waals surface area contributed by atoms with Crippen LogP contribution in [0.3, 0.4) is 0 Å². The van der Waals surface area contributed by atoms with Gasteiger partial charge in [0.05, 0.1) is 5.56 Å². The topological polar surface area (TPSA) is 120 Å². The summed E-state index contributed by atoms with van der Waals surface area (Å²) in [5.41, 5.74) is -0.0482. The molecule has 142 valence electrons. The van der Waals surface area contributed by atoms with Crippen molar-refractivity contribution in [1.29, 1.82) is 0 Å². The maximum Gasteiger partial charge on any atom is 0.353 e. The van der Waals surface area contributed by atoms with Gasteiger partial charge in [-0.25, -0.2) is 9.59 Å². The molecule has 3 rings (SSSR count). The number of hydrogen-bond acceptors (Lipinski definition) is 8. The van der Waals surface area contributed by atoms with E-state index in [0.717, 1.165) is 4.57 Å². The van der Waals surface area contributed by atoms with Crippen LogP contribution in [0.15, 0.2) is 52.8 Å². The number of aromatic nitrogens is 2. The number of nitrogens with zero attached hydrogens (tertiary/aromatic N) is 2. The van der Waals surface area contributed by atoms with Crippen molar-refractivity contribution in [2.75, 3.05) is 13.7 Å². The van der Waals surface area contributed by atoms with E-state index in [1.54, 1.807) is 37.3 Å². The van der Waals surface area contributed by atoms with Crippen LogP contribution >= 0.6 is 0 Å². The normalized spacial score (nSPS) is 19.1. The van der Waals surface area contributed by atoms with Crippen molar-refractivity contribution in [2.45, 2.75) is 19.3 Å². The number of esters is 1. The lowest BCUT2D eigenvalue weighted by Gasteiger charge is -2.21. The number of rotatable bonds is 5. The molecule has 1 aliphatic rings. The lowest BCUT2D eigenvalue weighted by Crippen LogP contribution is -2.34. The summed E-state index contributed by atoms with van der Waals surface area (Å²) >= 11 is 0. The largest absolute Gasteiger partial charge is 0.506 e. The summed E-state index contributed by atoms with van der Waals surface area (Å²) in [7, 11) is 1.33. The molecule has 2 heterocycles. The van der Waals surface area contributed by atoms with Gasteiger partial charge in [-0.2, -0.15) is 4.98 Å². The van der Waals surface area contributed by atoms with E-state index in [1.807, 2.05) is 0 Å². The molecule has 9 nitrogen and oxygen atoms in total. The van der Waals surface area contributed by atoms with Crippen molar-refractivity contribution in [3.63, 3.8) is 0 Å². The number of aryl methyl sites for hydroxylation is 1. The van der Waals surface area contributed by atoms with Crippen LogP contribution in [-0.2, 0) is 9.47 Å². The number of methoxy groups -OCH3 is 1. The van der Waals surface area contributed by atoms with Crippen LogP contribution in [0.25, 0.3) is 0 Å². The molecule has 0 amide bonds. The second-order valence-electron chi connectivity index (χ2n) is 5.81. The monoisotopic (exact) mass is 374 g/mol. The molecule has 0 spiro atoms. The van der Waals surface area contributed by atoms with Gasteiger partial charge in [-0.3, -0.25) is 4.57 Å². The minimum atomic E-state index is -1.05. The van der Waals surface area contributed by atoms with Crippen molar-refractivity contribution in [3.05, 3.63) is 69.7 Å². The quantitative estimate of drug-likeness (QED) is 0.746. The van der Waals surface area contributed by atoms with Crippen LogP contribution in [0.5, 0.6) is 5.88 Å². The Kier molecular flexibility index (Phi) is 5.24. The van der Waals surface area contributed by atoms with E-state index in [4.69, 9.17) is 14.2 Å². The first-order valence-electron chi connectivity index (χ1n) is 8.05. The Morgan fingerprint density at radius 2 is 2.04 bits per heavy atom. The maximum atomic E-state index is 12.4. The van der Waals surface area contributed by atoms with E-state index in [0.29, 0.717) is 11.1 Å². The van der Waals surface area contributed by atoms with Crippen molar-refractivity contribution in [1.82, 2.24) is 9.55 Å². The van der Waals surface area contributed by atoms with Gasteiger partial charge >= 0.3 is 11.7 Å². The Bertz CT molecular complexity index is 936. The van der Waals surface area contributed by atoms with Crippen molar-refractivity contribution in [3.8, 4) is 5.88 Å². The number of ether oxygens (including phenoxy) is 3. The first kappa shape index (κ1) is 18.6. The van der Waals surface area contributed by atoms with Crippen LogP contribution in [0.2, 0.25) is 0 Å². The Morgan fingerprint density at radius 3 is 2.67 bits per heavy atom. The summed E-state index contributed by atoms with van der Waals surface area (Å²) in [6.07, 6.45) is -0.647. The number of benzene rings is 1. The van der Waals surface area contributed by atoms with Crippen LogP contribution in [0.4, 0.5) is 0 Å². The highest BCUT2D eigenvalue weighted by Crippen LogP contribution is 2.32. The smallest absolute Gasteiger partial charge is 0.353 e. The van der Waals surface area contributed by atoms with Crippen LogP contribution in [0.1, 0.15) is 22.1 Å². The zero-order chi connectivity index (χ0) is 19.6. The third-order valence-corrected chi connectivity index (χ3v) is 4.04. The molecule has 0 saturated carbocycles. The number of carbonyl (C=O) groups excluding carboxylic acids is 1.